The lowest BCUT2D eigenvalue weighted by molar-refractivity contribution is -0.112. The molecule has 0 aliphatic rings. The van der Waals surface area contributed by atoms with Crippen LogP contribution in [0.2, 0.25) is 0 Å². The number of hydrogen-bond acceptors (Lipinski definition) is 3. The summed E-state index contributed by atoms with van der Waals surface area (Å²) in [5, 5.41) is -1.19. The summed E-state index contributed by atoms with van der Waals surface area (Å²) in [7, 11) is -4.67. The van der Waals surface area contributed by atoms with Crippen LogP contribution in [-0.4, -0.2) is 13.5 Å². The topological polar surface area (TPSA) is 71.1 Å². The lowest BCUT2D eigenvalue weighted by Crippen LogP contribution is -2.10. The second kappa shape index (κ2) is 4.46. The third kappa shape index (κ3) is 4.92. The van der Waals surface area contributed by atoms with Crippen molar-refractivity contribution in [2.75, 3.05) is 0 Å². The van der Waals surface area contributed by atoms with Crippen LogP contribution in [0.5, 0.6) is 0 Å². The molecule has 0 spiro atoms. The largest absolute Gasteiger partial charge is 0.358 e. The van der Waals surface area contributed by atoms with Gasteiger partial charge in [-0.25, -0.2) is 0 Å². The van der Waals surface area contributed by atoms with Crippen molar-refractivity contribution >= 4 is 15.2 Å². The molecule has 4 nitrogen and oxygen atoms in total. The average molecular weight is 179 g/mol. The Hall–Kier alpha value is -0.420. The van der Waals surface area contributed by atoms with Gasteiger partial charge in [0.15, 0.2) is 0 Å². The summed E-state index contributed by atoms with van der Waals surface area (Å²) < 4.78 is 30.1. The Balaban J connectivity index is 3.72. The summed E-state index contributed by atoms with van der Waals surface area (Å²) in [5.41, 5.74) is 0. The van der Waals surface area contributed by atoms with Crippen LogP contribution >= 0.6 is 0 Å². The quantitative estimate of drug-likeness (QED) is 0.601. The first-order valence-electron chi connectivity index (χ1n) is 3.47. The summed E-state index contributed by atoms with van der Waals surface area (Å²) >= 11 is 0. The molecule has 0 fully saturated rings. The molecular weight excluding hydrogens is 168 g/mol. The van der Waals surface area contributed by atoms with Crippen molar-refractivity contribution < 1.29 is 17.8 Å². The molecule has 0 rings (SSSR count). The predicted molar refractivity (Wildman–Crippen MR) is 38.8 cm³/mol. The van der Waals surface area contributed by atoms with Crippen LogP contribution in [0.15, 0.2) is 0 Å². The van der Waals surface area contributed by atoms with Crippen molar-refractivity contribution in [3.8, 4) is 0 Å². The van der Waals surface area contributed by atoms with E-state index in [0.29, 0.717) is 6.42 Å². The van der Waals surface area contributed by atoms with Crippen molar-refractivity contribution in [1.82, 2.24) is 0 Å². The fourth-order valence-corrected chi connectivity index (χ4v) is 1.04. The molecule has 0 heterocycles. The first-order chi connectivity index (χ1) is 4.98. The standard InChI is InChI=1S/C6H11O4S/c1-2-3-4-5-6(7)11(8,9)10/h2-5H2,1H3. The van der Waals surface area contributed by atoms with E-state index in [1.54, 1.807) is 0 Å². The maximum Gasteiger partial charge on any atom is 0.358 e. The summed E-state index contributed by atoms with van der Waals surface area (Å²) in [5.74, 6) is 0. The van der Waals surface area contributed by atoms with E-state index in [9.17, 15) is 17.8 Å². The maximum atomic E-state index is 10.4. The van der Waals surface area contributed by atoms with E-state index in [4.69, 9.17) is 0 Å². The third-order valence-electron chi connectivity index (χ3n) is 1.26. The van der Waals surface area contributed by atoms with Crippen molar-refractivity contribution in [3.05, 3.63) is 0 Å². The summed E-state index contributed by atoms with van der Waals surface area (Å²) in [6.45, 7) is 1.93. The fourth-order valence-electron chi connectivity index (χ4n) is 0.644. The van der Waals surface area contributed by atoms with Crippen LogP contribution in [0.4, 0.5) is 0 Å². The summed E-state index contributed by atoms with van der Waals surface area (Å²) in [4.78, 5) is 10.4. The minimum atomic E-state index is -4.67. The molecule has 5 heteroatoms. The molecule has 65 valence electrons. The number of rotatable bonds is 4. The Kier molecular flexibility index (Phi) is 4.29. The highest BCUT2D eigenvalue weighted by atomic mass is 32.2. The van der Waals surface area contributed by atoms with Gasteiger partial charge in [0.05, 0.1) is 0 Å². The summed E-state index contributed by atoms with van der Waals surface area (Å²) in [6, 6.07) is 0. The van der Waals surface area contributed by atoms with Gasteiger partial charge in [-0.05, 0) is 6.42 Å². The molecule has 0 saturated heterocycles. The lowest BCUT2D eigenvalue weighted by atomic mass is 10.2. The van der Waals surface area contributed by atoms with Gasteiger partial charge in [0.1, 0.15) is 0 Å². The van der Waals surface area contributed by atoms with Gasteiger partial charge in [0.2, 0.25) is 0 Å². The molecular formula is C6H11O4S. The molecule has 0 aromatic carbocycles. The Labute approximate surface area is 66.4 Å². The molecule has 0 aromatic heterocycles. The Bertz CT molecular complexity index is 217. The van der Waals surface area contributed by atoms with Gasteiger partial charge in [-0.3, -0.25) is 4.79 Å². The maximum absolute atomic E-state index is 10.4. The normalized spacial score (nSPS) is 11.5. The Morgan fingerprint density at radius 3 is 2.18 bits per heavy atom. The van der Waals surface area contributed by atoms with Crippen molar-refractivity contribution in [2.45, 2.75) is 32.6 Å². The smallest absolute Gasteiger partial charge is 0.279 e. The molecule has 0 aromatic rings. The van der Waals surface area contributed by atoms with Gasteiger partial charge in [0.25, 0.3) is 5.12 Å². The minimum Gasteiger partial charge on any atom is -0.279 e. The highest BCUT2D eigenvalue weighted by molar-refractivity contribution is 8.00. The number of unbranched alkanes of at least 4 members (excludes halogenated alkanes) is 2. The van der Waals surface area contributed by atoms with Crippen LogP contribution < -0.4 is 0 Å². The van der Waals surface area contributed by atoms with E-state index in [1.807, 2.05) is 6.92 Å². The van der Waals surface area contributed by atoms with Crippen LogP contribution in [0.25, 0.3) is 0 Å². The van der Waals surface area contributed by atoms with Crippen molar-refractivity contribution in [1.29, 1.82) is 0 Å². The summed E-state index contributed by atoms with van der Waals surface area (Å²) in [6.07, 6.45) is 2.02. The predicted octanol–water partition coefficient (Wildman–Crippen LogP) is 0.854. The molecule has 1 radical (unpaired) electrons. The van der Waals surface area contributed by atoms with Gasteiger partial charge in [-0.1, -0.05) is 24.3 Å². The zero-order valence-electron chi connectivity index (χ0n) is 6.37. The Morgan fingerprint density at radius 1 is 1.27 bits per heavy atom. The first kappa shape index (κ1) is 10.6. The van der Waals surface area contributed by atoms with E-state index in [2.05, 4.69) is 0 Å². The first-order valence-corrected chi connectivity index (χ1v) is 4.88. The number of carbonyl (C=O) groups excluding carboxylic acids is 1. The van der Waals surface area contributed by atoms with E-state index in [-0.39, 0.29) is 6.42 Å². The van der Waals surface area contributed by atoms with Gasteiger partial charge >= 0.3 is 10.1 Å². The lowest BCUT2D eigenvalue weighted by Gasteiger charge is -1.93. The zero-order chi connectivity index (χ0) is 8.91. The molecule has 0 unspecified atom stereocenters. The van der Waals surface area contributed by atoms with E-state index >= 15 is 0 Å². The van der Waals surface area contributed by atoms with Crippen LogP contribution in [-0.2, 0) is 19.5 Å². The van der Waals surface area contributed by atoms with Gasteiger partial charge in [-0.2, -0.15) is 8.42 Å². The van der Waals surface area contributed by atoms with E-state index < -0.39 is 15.2 Å². The molecule has 11 heavy (non-hydrogen) atoms. The van der Waals surface area contributed by atoms with Gasteiger partial charge < -0.3 is 0 Å². The second-order valence-electron chi connectivity index (χ2n) is 2.28. The van der Waals surface area contributed by atoms with E-state index in [0.717, 1.165) is 12.8 Å². The van der Waals surface area contributed by atoms with Crippen LogP contribution in [0, 0.1) is 0 Å². The van der Waals surface area contributed by atoms with Crippen molar-refractivity contribution in [2.24, 2.45) is 0 Å². The van der Waals surface area contributed by atoms with Crippen LogP contribution in [0.1, 0.15) is 32.6 Å². The zero-order valence-corrected chi connectivity index (χ0v) is 7.19. The Morgan fingerprint density at radius 2 is 1.82 bits per heavy atom. The number of hydrogen-bond donors (Lipinski definition) is 0. The molecule has 0 aliphatic carbocycles. The molecule has 0 aliphatic heterocycles. The highest BCUT2D eigenvalue weighted by Gasteiger charge is 2.18. The minimum absolute atomic E-state index is 0.139. The molecule has 0 bridgehead atoms. The van der Waals surface area contributed by atoms with Crippen LogP contribution in [0.3, 0.4) is 0 Å². The molecule has 0 amide bonds. The molecule has 0 saturated carbocycles. The average Bonchev–Trinajstić information content (AvgIpc) is 1.86. The SMILES string of the molecule is CCCCCC(=O)S([O])(=O)=O. The van der Waals surface area contributed by atoms with E-state index in [1.165, 1.54) is 0 Å². The fraction of sp³-hybridized carbons (Fsp3) is 0.833. The second-order valence-corrected chi connectivity index (χ2v) is 3.65. The van der Waals surface area contributed by atoms with Crippen molar-refractivity contribution in [3.63, 3.8) is 0 Å². The molecule has 0 atom stereocenters. The highest BCUT2D eigenvalue weighted by Crippen LogP contribution is 2.02. The monoisotopic (exact) mass is 179 g/mol. The third-order valence-corrected chi connectivity index (χ3v) is 2.03. The van der Waals surface area contributed by atoms with Gasteiger partial charge in [0, 0.05) is 6.42 Å². The van der Waals surface area contributed by atoms with Gasteiger partial charge in [-0.15, -0.1) is 0 Å². The molecule has 0 N–H and O–H groups in total. The number of carbonyl (C=O) groups is 1.